The van der Waals surface area contributed by atoms with Gasteiger partial charge in [0.2, 0.25) is 0 Å². The highest BCUT2D eigenvalue weighted by Crippen LogP contribution is 2.11. The fourth-order valence-corrected chi connectivity index (χ4v) is 0.764. The Morgan fingerprint density at radius 2 is 2.46 bits per heavy atom. The van der Waals surface area contributed by atoms with Gasteiger partial charge in [-0.2, -0.15) is 5.26 Å². The average Bonchev–Trinajstić information content (AvgIpc) is 2.15. The van der Waals surface area contributed by atoms with Crippen LogP contribution in [0.4, 0.5) is 5.69 Å². The molecule has 0 radical (unpaired) electrons. The van der Waals surface area contributed by atoms with E-state index in [-0.39, 0.29) is 5.69 Å². The third-order valence-corrected chi connectivity index (χ3v) is 1.30. The van der Waals surface area contributed by atoms with Crippen molar-refractivity contribution >= 4 is 11.8 Å². The van der Waals surface area contributed by atoms with Crippen LogP contribution < -0.4 is 0 Å². The number of aromatic nitrogens is 1. The van der Waals surface area contributed by atoms with Crippen molar-refractivity contribution in [2.45, 2.75) is 0 Å². The Balaban J connectivity index is 3.00. The highest BCUT2D eigenvalue weighted by molar-refractivity contribution is 5.50. The first-order chi connectivity index (χ1) is 6.24. The lowest BCUT2D eigenvalue weighted by Crippen LogP contribution is -1.89. The predicted octanol–water partition coefficient (Wildman–Crippen LogP) is 1.53. The number of nitrogens with zero attached hydrogens (tertiary/aromatic N) is 3. The molecule has 0 aliphatic carbocycles. The number of pyridine rings is 1. The van der Waals surface area contributed by atoms with Gasteiger partial charge in [-0.3, -0.25) is 15.1 Å². The molecule has 0 atom stereocenters. The molecule has 0 unspecified atom stereocenters. The van der Waals surface area contributed by atoms with Gasteiger partial charge in [-0.25, -0.2) is 0 Å². The van der Waals surface area contributed by atoms with Gasteiger partial charge in [0.15, 0.2) is 0 Å². The summed E-state index contributed by atoms with van der Waals surface area (Å²) in [6.07, 6.45) is 3.95. The summed E-state index contributed by atoms with van der Waals surface area (Å²) >= 11 is 0. The maximum absolute atomic E-state index is 10.3. The van der Waals surface area contributed by atoms with Gasteiger partial charge in [0.25, 0.3) is 5.69 Å². The Hall–Kier alpha value is -2.22. The fraction of sp³-hybridized carbons (Fsp3) is 0. The average molecular weight is 175 g/mol. The smallest absolute Gasteiger partial charge is 0.258 e. The zero-order chi connectivity index (χ0) is 9.68. The first-order valence-electron chi connectivity index (χ1n) is 3.40. The molecular weight excluding hydrogens is 170 g/mol. The highest BCUT2D eigenvalue weighted by Gasteiger charge is 2.03. The molecule has 0 fully saturated rings. The van der Waals surface area contributed by atoms with E-state index >= 15 is 0 Å². The third-order valence-electron chi connectivity index (χ3n) is 1.30. The molecule has 5 nitrogen and oxygen atoms in total. The molecule has 0 aliphatic heterocycles. The van der Waals surface area contributed by atoms with Crippen LogP contribution in [0.25, 0.3) is 6.08 Å². The van der Waals surface area contributed by atoms with Gasteiger partial charge >= 0.3 is 0 Å². The molecule has 13 heavy (non-hydrogen) atoms. The lowest BCUT2D eigenvalue weighted by Gasteiger charge is -1.91. The largest absolute Gasteiger partial charge is 0.273 e. The van der Waals surface area contributed by atoms with E-state index in [1.807, 2.05) is 0 Å². The van der Waals surface area contributed by atoms with E-state index in [9.17, 15) is 10.1 Å². The summed E-state index contributed by atoms with van der Waals surface area (Å²) in [7, 11) is 0. The molecule has 0 saturated heterocycles. The first kappa shape index (κ1) is 8.87. The van der Waals surface area contributed by atoms with Crippen molar-refractivity contribution in [2.24, 2.45) is 0 Å². The van der Waals surface area contributed by atoms with Crippen molar-refractivity contribution in [1.29, 1.82) is 5.26 Å². The lowest BCUT2D eigenvalue weighted by molar-refractivity contribution is -0.384. The maximum atomic E-state index is 10.3. The summed E-state index contributed by atoms with van der Waals surface area (Å²) < 4.78 is 0. The van der Waals surface area contributed by atoms with Gasteiger partial charge in [0.1, 0.15) is 0 Å². The minimum absolute atomic E-state index is 0.0346. The van der Waals surface area contributed by atoms with E-state index in [0.717, 1.165) is 0 Å². The van der Waals surface area contributed by atoms with E-state index in [4.69, 9.17) is 5.26 Å². The molecule has 1 aromatic heterocycles. The Morgan fingerprint density at radius 3 is 3.08 bits per heavy atom. The van der Waals surface area contributed by atoms with Crippen LogP contribution in [-0.4, -0.2) is 9.91 Å². The molecule has 1 aromatic rings. The van der Waals surface area contributed by atoms with Crippen LogP contribution in [0.5, 0.6) is 0 Å². The quantitative estimate of drug-likeness (QED) is 0.387. The normalized spacial score (nSPS) is 9.77. The van der Waals surface area contributed by atoms with Crippen LogP contribution in [0.15, 0.2) is 24.4 Å². The third kappa shape index (κ3) is 2.38. The van der Waals surface area contributed by atoms with Crippen LogP contribution in [0, 0.1) is 21.4 Å². The summed E-state index contributed by atoms with van der Waals surface area (Å²) in [6, 6.07) is 4.37. The van der Waals surface area contributed by atoms with E-state index in [1.54, 1.807) is 6.07 Å². The molecule has 64 valence electrons. The Kier molecular flexibility index (Phi) is 2.71. The predicted molar refractivity (Wildman–Crippen MR) is 45.5 cm³/mol. The van der Waals surface area contributed by atoms with Gasteiger partial charge in [-0.1, -0.05) is 0 Å². The first-order valence-corrected chi connectivity index (χ1v) is 3.40. The summed E-state index contributed by atoms with van der Waals surface area (Å²) in [6.45, 7) is 0. The van der Waals surface area contributed by atoms with Crippen LogP contribution >= 0.6 is 0 Å². The van der Waals surface area contributed by atoms with E-state index in [2.05, 4.69) is 4.98 Å². The summed E-state index contributed by atoms with van der Waals surface area (Å²) in [5.74, 6) is 0. The number of hydrogen-bond donors (Lipinski definition) is 0. The Morgan fingerprint density at radius 1 is 1.69 bits per heavy atom. The minimum atomic E-state index is -0.509. The van der Waals surface area contributed by atoms with Gasteiger partial charge < -0.3 is 0 Å². The maximum Gasteiger partial charge on any atom is 0.273 e. The van der Waals surface area contributed by atoms with Crippen LogP contribution in [0.3, 0.4) is 0 Å². The number of nitriles is 1. The second-order valence-electron chi connectivity index (χ2n) is 2.16. The van der Waals surface area contributed by atoms with E-state index in [0.29, 0.717) is 5.69 Å². The zero-order valence-corrected chi connectivity index (χ0v) is 6.54. The van der Waals surface area contributed by atoms with Crippen molar-refractivity contribution in [3.63, 3.8) is 0 Å². The van der Waals surface area contributed by atoms with Crippen LogP contribution in [0.1, 0.15) is 5.69 Å². The van der Waals surface area contributed by atoms with Crippen molar-refractivity contribution < 1.29 is 4.92 Å². The standard InChI is InChI=1S/C8H5N3O2/c9-4-1-2-7-6-8(11(12)13)3-5-10-7/h1-3,5-6H. The van der Waals surface area contributed by atoms with Crippen LogP contribution in [-0.2, 0) is 0 Å². The molecular formula is C8H5N3O2. The topological polar surface area (TPSA) is 79.8 Å². The van der Waals surface area contributed by atoms with Crippen molar-refractivity contribution in [3.05, 3.63) is 40.2 Å². The molecule has 0 bridgehead atoms. The monoisotopic (exact) mass is 175 g/mol. The van der Waals surface area contributed by atoms with Crippen molar-refractivity contribution in [1.82, 2.24) is 4.98 Å². The van der Waals surface area contributed by atoms with E-state index in [1.165, 1.54) is 30.5 Å². The second kappa shape index (κ2) is 3.97. The van der Waals surface area contributed by atoms with Gasteiger partial charge in [0, 0.05) is 24.4 Å². The number of allylic oxidation sites excluding steroid dienone is 1. The fourth-order valence-electron chi connectivity index (χ4n) is 0.764. The summed E-state index contributed by atoms with van der Waals surface area (Å²) in [4.78, 5) is 13.6. The molecule has 1 heterocycles. The molecule has 0 aromatic carbocycles. The molecule has 0 saturated carbocycles. The Bertz CT molecular complexity index is 393. The van der Waals surface area contributed by atoms with Gasteiger partial charge in [-0.05, 0) is 6.08 Å². The molecule has 0 aliphatic rings. The SMILES string of the molecule is N#CC=Cc1cc([N+](=O)[O-])ccn1. The minimum Gasteiger partial charge on any atom is -0.258 e. The second-order valence-corrected chi connectivity index (χ2v) is 2.16. The van der Waals surface area contributed by atoms with Gasteiger partial charge in [-0.15, -0.1) is 0 Å². The Labute approximate surface area is 74.1 Å². The van der Waals surface area contributed by atoms with Crippen molar-refractivity contribution in [2.75, 3.05) is 0 Å². The summed E-state index contributed by atoms with van der Waals surface area (Å²) in [5.41, 5.74) is 0.364. The van der Waals surface area contributed by atoms with Crippen molar-refractivity contribution in [3.8, 4) is 6.07 Å². The molecule has 0 amide bonds. The number of rotatable bonds is 2. The number of hydrogen-bond acceptors (Lipinski definition) is 4. The molecule has 0 spiro atoms. The summed E-state index contributed by atoms with van der Waals surface area (Å²) in [5, 5.41) is 18.5. The molecule has 1 rings (SSSR count). The van der Waals surface area contributed by atoms with Crippen LogP contribution in [0.2, 0.25) is 0 Å². The molecule has 5 heteroatoms. The lowest BCUT2D eigenvalue weighted by atomic mass is 10.3. The number of nitro groups is 1. The highest BCUT2D eigenvalue weighted by atomic mass is 16.6. The van der Waals surface area contributed by atoms with Gasteiger partial charge in [0.05, 0.1) is 16.7 Å². The molecule has 0 N–H and O–H groups in total. The zero-order valence-electron chi connectivity index (χ0n) is 6.54. The van der Waals surface area contributed by atoms with E-state index < -0.39 is 4.92 Å².